The highest BCUT2D eigenvalue weighted by atomic mass is 32.2. The Morgan fingerprint density at radius 2 is 1.67 bits per heavy atom. The zero-order valence-electron chi connectivity index (χ0n) is 27.0. The van der Waals surface area contributed by atoms with E-state index in [-0.39, 0.29) is 36.6 Å². The van der Waals surface area contributed by atoms with Crippen molar-refractivity contribution in [3.05, 3.63) is 64.4 Å². The number of halogens is 2. The zero-order valence-corrected chi connectivity index (χ0v) is 27.8. The number of primary amides is 1. The van der Waals surface area contributed by atoms with Crippen LogP contribution in [0.25, 0.3) is 0 Å². The molecular weight excluding hydrogens is 664 g/mol. The number of nitrogens with two attached hydrogens (primary N) is 1. The van der Waals surface area contributed by atoms with Crippen molar-refractivity contribution in [1.82, 2.24) is 14.5 Å². The van der Waals surface area contributed by atoms with Crippen LogP contribution in [0.3, 0.4) is 0 Å². The van der Waals surface area contributed by atoms with E-state index in [2.05, 4.69) is 15.5 Å². The first-order valence-corrected chi connectivity index (χ1v) is 17.2. The highest BCUT2D eigenvalue weighted by Crippen LogP contribution is 2.39. The second kappa shape index (κ2) is 13.0. The molecule has 49 heavy (non-hydrogen) atoms. The van der Waals surface area contributed by atoms with E-state index < -0.39 is 55.7 Å². The maximum absolute atomic E-state index is 14.0. The molecule has 2 fully saturated rings. The van der Waals surface area contributed by atoms with E-state index in [0.717, 1.165) is 16.4 Å². The van der Waals surface area contributed by atoms with Gasteiger partial charge < -0.3 is 30.7 Å². The van der Waals surface area contributed by atoms with Gasteiger partial charge in [0.2, 0.25) is 15.9 Å². The van der Waals surface area contributed by atoms with Crippen molar-refractivity contribution in [1.29, 1.82) is 0 Å². The molecule has 1 atom stereocenters. The van der Waals surface area contributed by atoms with E-state index in [4.69, 9.17) is 10.5 Å². The molecule has 17 heteroatoms. The molecule has 0 radical (unpaired) electrons. The molecule has 5 N–H and O–H groups in total. The number of nitrogens with zero attached hydrogens (tertiary/aromatic N) is 4. The lowest BCUT2D eigenvalue weighted by Crippen LogP contribution is -2.45. The SMILES string of the molecule is CC1(C)CN(S(=O)(=O)c2cc(F)cc(F)c2)Cc2c(NC(=O)c3cc(N4CCCC(C(=O)O)C4)c(N4CCOCC4)cc3C(N)=O)n[nH]c21. The third-order valence-corrected chi connectivity index (χ3v) is 11.0. The molecule has 2 amide bonds. The molecular formula is C32H37F2N7O7S. The fourth-order valence-electron chi connectivity index (χ4n) is 6.78. The number of carbonyl (C=O) groups excluding carboxylic acids is 2. The number of aromatic nitrogens is 2. The molecule has 14 nitrogen and oxygen atoms in total. The van der Waals surface area contributed by atoms with Gasteiger partial charge in [0, 0.05) is 62.0 Å². The first kappa shape index (κ1) is 34.3. The summed E-state index contributed by atoms with van der Waals surface area (Å²) in [6.07, 6.45) is 1.11. The molecule has 2 aromatic carbocycles. The summed E-state index contributed by atoms with van der Waals surface area (Å²) in [6, 6.07) is 5.13. The number of amides is 2. The maximum Gasteiger partial charge on any atom is 0.308 e. The number of aromatic amines is 1. The number of ether oxygens (including phenoxy) is 1. The number of hydrogen-bond acceptors (Lipinski definition) is 9. The van der Waals surface area contributed by atoms with Crippen LogP contribution in [0.5, 0.6) is 0 Å². The first-order chi connectivity index (χ1) is 23.2. The predicted molar refractivity (Wildman–Crippen MR) is 174 cm³/mol. The number of piperidine rings is 1. The number of aliphatic carboxylic acids is 1. The molecule has 3 aromatic rings. The van der Waals surface area contributed by atoms with Crippen molar-refractivity contribution in [3.8, 4) is 0 Å². The first-order valence-electron chi connectivity index (χ1n) is 15.8. The van der Waals surface area contributed by atoms with Crippen LogP contribution in [0.15, 0.2) is 35.2 Å². The lowest BCUT2D eigenvalue weighted by atomic mass is 9.84. The summed E-state index contributed by atoms with van der Waals surface area (Å²) >= 11 is 0. The standard InChI is InChI=1S/C32H37F2N7O7S/c1-32(2)17-41(49(46,47)21-11-19(33)10-20(34)12-21)16-24-27(32)37-38-29(24)36-30(43)23-14-26(40-5-3-4-18(15-40)31(44)45)25(13-22(23)28(35)42)39-6-8-48-9-7-39/h10-14,18H,3-9,15-17H2,1-2H3,(H2,35,42)(H,44,45)(H2,36,37,38,43). The molecule has 2 saturated heterocycles. The van der Waals surface area contributed by atoms with Gasteiger partial charge in [-0.1, -0.05) is 13.8 Å². The van der Waals surface area contributed by atoms with Gasteiger partial charge in [-0.3, -0.25) is 19.5 Å². The lowest BCUT2D eigenvalue weighted by Gasteiger charge is -2.38. The fraction of sp³-hybridized carbons (Fsp3) is 0.438. The van der Waals surface area contributed by atoms with Gasteiger partial charge in [0.05, 0.1) is 46.5 Å². The Morgan fingerprint density at radius 3 is 2.33 bits per heavy atom. The van der Waals surface area contributed by atoms with Crippen LogP contribution in [0, 0.1) is 17.6 Å². The Kier molecular flexibility index (Phi) is 9.10. The quantitative estimate of drug-likeness (QED) is 0.272. The summed E-state index contributed by atoms with van der Waals surface area (Å²) in [5, 5.41) is 19.6. The zero-order chi connectivity index (χ0) is 35.2. The van der Waals surface area contributed by atoms with Crippen molar-refractivity contribution in [2.75, 3.05) is 61.1 Å². The van der Waals surface area contributed by atoms with Crippen LogP contribution >= 0.6 is 0 Å². The van der Waals surface area contributed by atoms with Crippen molar-refractivity contribution in [3.63, 3.8) is 0 Å². The largest absolute Gasteiger partial charge is 0.481 e. The van der Waals surface area contributed by atoms with Gasteiger partial charge in [0.15, 0.2) is 5.82 Å². The van der Waals surface area contributed by atoms with Crippen LogP contribution in [0.2, 0.25) is 0 Å². The summed E-state index contributed by atoms with van der Waals surface area (Å²) in [5.41, 5.74) is 6.85. The third kappa shape index (κ3) is 6.69. The fourth-order valence-corrected chi connectivity index (χ4v) is 8.40. The molecule has 4 heterocycles. The summed E-state index contributed by atoms with van der Waals surface area (Å²) in [6.45, 7) is 5.79. The maximum atomic E-state index is 14.0. The van der Waals surface area contributed by atoms with E-state index >= 15 is 0 Å². The number of hydrogen-bond donors (Lipinski definition) is 4. The summed E-state index contributed by atoms with van der Waals surface area (Å²) < 4.78 is 61.7. The summed E-state index contributed by atoms with van der Waals surface area (Å²) in [5.74, 6) is -5.25. The van der Waals surface area contributed by atoms with Crippen molar-refractivity contribution in [2.45, 2.75) is 43.5 Å². The number of carboxylic acid groups (broad SMARTS) is 1. The number of carboxylic acids is 1. The lowest BCUT2D eigenvalue weighted by molar-refractivity contribution is -0.141. The van der Waals surface area contributed by atoms with Gasteiger partial charge in [0.25, 0.3) is 5.91 Å². The Labute approximate surface area is 281 Å². The van der Waals surface area contributed by atoms with E-state index in [1.54, 1.807) is 13.8 Å². The predicted octanol–water partition coefficient (Wildman–Crippen LogP) is 2.66. The molecule has 3 aliphatic rings. The normalized spacial score (nSPS) is 19.7. The van der Waals surface area contributed by atoms with Crippen LogP contribution < -0.4 is 20.9 Å². The van der Waals surface area contributed by atoms with Crippen LogP contribution in [0.1, 0.15) is 58.7 Å². The van der Waals surface area contributed by atoms with Crippen molar-refractivity contribution >= 4 is 45.0 Å². The van der Waals surface area contributed by atoms with E-state index in [1.165, 1.54) is 12.1 Å². The molecule has 3 aliphatic heterocycles. The number of nitrogens with one attached hydrogen (secondary N) is 2. The van der Waals surface area contributed by atoms with Gasteiger partial charge in [0.1, 0.15) is 11.6 Å². The average Bonchev–Trinajstić information content (AvgIpc) is 3.47. The number of sulfonamides is 1. The number of anilines is 3. The average molecular weight is 702 g/mol. The van der Waals surface area contributed by atoms with Gasteiger partial charge in [-0.15, -0.1) is 0 Å². The van der Waals surface area contributed by atoms with E-state index in [0.29, 0.717) is 74.4 Å². The van der Waals surface area contributed by atoms with Crippen LogP contribution in [-0.2, 0) is 31.5 Å². The number of morpholine rings is 1. The number of carbonyl (C=O) groups is 3. The van der Waals surface area contributed by atoms with Crippen LogP contribution in [0.4, 0.5) is 26.0 Å². The minimum Gasteiger partial charge on any atom is -0.481 e. The van der Waals surface area contributed by atoms with E-state index in [9.17, 15) is 36.7 Å². The second-order valence-corrected chi connectivity index (χ2v) is 15.1. The molecule has 1 aromatic heterocycles. The Hall–Kier alpha value is -4.61. The molecule has 1 unspecified atom stereocenters. The molecule has 0 saturated carbocycles. The number of fused-ring (bicyclic) bond motifs is 1. The Morgan fingerprint density at radius 1 is 1.02 bits per heavy atom. The molecule has 0 aliphatic carbocycles. The number of rotatable bonds is 8. The van der Waals surface area contributed by atoms with Crippen molar-refractivity contribution < 1.29 is 41.4 Å². The van der Waals surface area contributed by atoms with Gasteiger partial charge in [-0.05, 0) is 37.1 Å². The summed E-state index contributed by atoms with van der Waals surface area (Å²) in [7, 11) is -4.38. The minimum atomic E-state index is -4.38. The highest BCUT2D eigenvalue weighted by molar-refractivity contribution is 7.89. The third-order valence-electron chi connectivity index (χ3n) is 9.24. The van der Waals surface area contributed by atoms with Crippen molar-refractivity contribution in [2.24, 2.45) is 11.7 Å². The van der Waals surface area contributed by atoms with E-state index in [1.807, 2.05) is 9.80 Å². The summed E-state index contributed by atoms with van der Waals surface area (Å²) in [4.78, 5) is 42.1. The monoisotopic (exact) mass is 701 g/mol. The Bertz CT molecular complexity index is 1910. The number of H-pyrrole nitrogens is 1. The smallest absolute Gasteiger partial charge is 0.308 e. The number of benzene rings is 2. The highest BCUT2D eigenvalue weighted by Gasteiger charge is 2.41. The molecule has 0 spiro atoms. The molecule has 0 bridgehead atoms. The second-order valence-electron chi connectivity index (χ2n) is 13.1. The molecule has 262 valence electrons. The van der Waals surface area contributed by atoms with Gasteiger partial charge in [-0.25, -0.2) is 17.2 Å². The van der Waals surface area contributed by atoms with Gasteiger partial charge in [-0.2, -0.15) is 9.40 Å². The topological polar surface area (TPSA) is 191 Å². The molecule has 6 rings (SSSR count). The minimum absolute atomic E-state index is 0.00321. The Balaban J connectivity index is 1.37. The van der Waals surface area contributed by atoms with Gasteiger partial charge >= 0.3 is 5.97 Å². The van der Waals surface area contributed by atoms with Crippen LogP contribution in [-0.4, -0.2) is 91.7 Å².